The summed E-state index contributed by atoms with van der Waals surface area (Å²) in [5.74, 6) is 0. The Balaban J connectivity index is 1.93. The molecule has 0 aromatic carbocycles. The highest BCUT2D eigenvalue weighted by Gasteiger charge is 2.27. The Labute approximate surface area is 189 Å². The van der Waals surface area contributed by atoms with Gasteiger partial charge in [-0.25, -0.2) is 0 Å². The third-order valence-electron chi connectivity index (χ3n) is 7.62. The van der Waals surface area contributed by atoms with Crippen molar-refractivity contribution >= 4 is 33.7 Å². The second-order valence-electron chi connectivity index (χ2n) is 9.14. The average molecular weight is 421 g/mol. The Morgan fingerprint density at radius 1 is 0.625 bits per heavy atom. The number of hydrogen-bond donors (Lipinski definition) is 0. The highest BCUT2D eigenvalue weighted by atomic mass is 15.2. The summed E-state index contributed by atoms with van der Waals surface area (Å²) < 4.78 is 9.13. The number of rotatable bonds is 0. The quantitative estimate of drug-likeness (QED) is 0.455. The number of hydrogen-bond acceptors (Lipinski definition) is 0. The zero-order valence-electron chi connectivity index (χ0n) is 19.4. The molecule has 2 aromatic heterocycles. The van der Waals surface area contributed by atoms with E-state index in [4.69, 9.17) is 0 Å². The summed E-state index contributed by atoms with van der Waals surface area (Å²) in [7, 11) is 8.82. The lowest BCUT2D eigenvalue weighted by Crippen LogP contribution is -2.38. The lowest BCUT2D eigenvalue weighted by atomic mass is 10.1. The van der Waals surface area contributed by atoms with Gasteiger partial charge >= 0.3 is 0 Å². The fraction of sp³-hybridized carbons (Fsp3) is 0.214. The van der Waals surface area contributed by atoms with Crippen LogP contribution in [0.2, 0.25) is 0 Å². The van der Waals surface area contributed by atoms with Gasteiger partial charge in [-0.2, -0.15) is 0 Å². The van der Waals surface area contributed by atoms with Crippen molar-refractivity contribution in [2.75, 3.05) is 0 Å². The van der Waals surface area contributed by atoms with Crippen LogP contribution in [0, 0.1) is 14.1 Å². The van der Waals surface area contributed by atoms with Crippen molar-refractivity contribution in [1.82, 2.24) is 9.13 Å². The van der Waals surface area contributed by atoms with E-state index in [1.807, 2.05) is 0 Å². The predicted molar refractivity (Wildman–Crippen MR) is 131 cm³/mol. The number of fused-ring (bicyclic) bond motifs is 2. The summed E-state index contributed by atoms with van der Waals surface area (Å²) >= 11 is 0. The van der Waals surface area contributed by atoms with Crippen molar-refractivity contribution in [3.63, 3.8) is 0 Å². The van der Waals surface area contributed by atoms with Crippen molar-refractivity contribution in [1.29, 1.82) is 0 Å². The van der Waals surface area contributed by atoms with Crippen LogP contribution >= 0.6 is 0 Å². The summed E-state index contributed by atoms with van der Waals surface area (Å²) in [6.07, 6.45) is 8.88. The molecule has 0 saturated carbocycles. The Morgan fingerprint density at radius 3 is 1.50 bits per heavy atom. The van der Waals surface area contributed by atoms with E-state index in [0.717, 1.165) is 22.8 Å². The van der Waals surface area contributed by atoms with E-state index in [1.165, 1.54) is 44.4 Å². The average Bonchev–Trinajstić information content (AvgIpc) is 3.54. The SMILES string of the molecule is [CH2-][N+]1=C2C=CC1=C(C)c1ccc3n1C(C)n1c(ccc1=C(C)C1=[N+]([CH2-])C(=C3C)C=C1)=C2C. The molecule has 0 spiro atoms. The first-order valence-corrected chi connectivity index (χ1v) is 11.2. The minimum absolute atomic E-state index is 0.0960. The molecule has 4 heteroatoms. The molecule has 6 rings (SSSR count). The van der Waals surface area contributed by atoms with E-state index in [0.29, 0.717) is 0 Å². The van der Waals surface area contributed by atoms with Crippen LogP contribution in [-0.4, -0.2) is 29.7 Å². The van der Waals surface area contributed by atoms with E-state index in [9.17, 15) is 0 Å². The van der Waals surface area contributed by atoms with Gasteiger partial charge in [0.25, 0.3) is 0 Å². The molecule has 0 aliphatic carbocycles. The molecule has 4 aliphatic heterocycles. The van der Waals surface area contributed by atoms with Gasteiger partial charge in [0.05, 0.1) is 0 Å². The van der Waals surface area contributed by atoms with E-state index >= 15 is 0 Å². The maximum absolute atomic E-state index is 4.41. The summed E-state index contributed by atoms with van der Waals surface area (Å²) in [6.45, 7) is 11.1. The molecule has 0 amide bonds. The topological polar surface area (TPSA) is 15.9 Å². The monoisotopic (exact) mass is 420 g/mol. The first-order chi connectivity index (χ1) is 15.3. The van der Waals surface area contributed by atoms with Crippen molar-refractivity contribution in [3.8, 4) is 0 Å². The summed E-state index contributed by atoms with van der Waals surface area (Å²) in [5.41, 5.74) is 11.9. The molecule has 6 heterocycles. The smallest absolute Gasteiger partial charge is 0.109 e. The molecule has 1 unspecified atom stereocenters. The largest absolute Gasteiger partial charge is 0.327 e. The number of nitrogens with zero attached hydrogens (tertiary/aromatic N) is 4. The normalized spacial score (nSPS) is 21.6. The number of aromatic nitrogens is 2. The Bertz CT molecular complexity index is 1460. The fourth-order valence-electron chi connectivity index (χ4n) is 5.81. The van der Waals surface area contributed by atoms with Gasteiger partial charge in [0.15, 0.2) is 0 Å². The summed E-state index contributed by atoms with van der Waals surface area (Å²) in [4.78, 5) is 0. The molecule has 1 atom stereocenters. The van der Waals surface area contributed by atoms with Gasteiger partial charge < -0.3 is 18.3 Å². The molecule has 0 saturated heterocycles. The predicted octanol–water partition coefficient (Wildman–Crippen LogP) is 3.82. The van der Waals surface area contributed by atoms with E-state index in [2.05, 4.69) is 116 Å². The standard InChI is InChI=1S/C28H28N4/c1-16-21-8-9-22(29(21)6)17(2)27-14-15-28-19(4)24-11-10-23(30(24)7)18(3)26-13-12-25(16)31(26)20(5)32(27)28/h8-15,20H,6-7H2,1-5H3. The molecular weight excluding hydrogens is 392 g/mol. The van der Waals surface area contributed by atoms with Crippen LogP contribution in [0.15, 0.2) is 60.0 Å². The Hall–Kier alpha value is -3.66. The molecule has 4 nitrogen and oxygen atoms in total. The molecule has 2 aromatic rings. The maximum Gasteiger partial charge on any atom is 0.109 e. The Morgan fingerprint density at radius 2 is 1.06 bits per heavy atom. The van der Waals surface area contributed by atoms with Gasteiger partial charge in [-0.15, -0.1) is 0 Å². The van der Waals surface area contributed by atoms with E-state index in [-0.39, 0.29) is 6.17 Å². The lowest BCUT2D eigenvalue weighted by Gasteiger charge is -2.28. The van der Waals surface area contributed by atoms with Crippen molar-refractivity contribution < 1.29 is 9.15 Å². The zero-order chi connectivity index (χ0) is 22.5. The third-order valence-corrected chi connectivity index (χ3v) is 7.62. The molecule has 0 radical (unpaired) electrons. The molecule has 160 valence electrons. The lowest BCUT2D eigenvalue weighted by molar-refractivity contribution is -0.396. The van der Waals surface area contributed by atoms with Crippen LogP contribution in [-0.2, 0) is 0 Å². The molecular formula is C28H28N4. The fourth-order valence-corrected chi connectivity index (χ4v) is 5.81. The van der Waals surface area contributed by atoms with Crippen LogP contribution in [0.5, 0.6) is 0 Å². The van der Waals surface area contributed by atoms with Crippen LogP contribution in [0.1, 0.15) is 52.2 Å². The van der Waals surface area contributed by atoms with Crippen LogP contribution < -0.4 is 10.7 Å². The van der Waals surface area contributed by atoms with Crippen molar-refractivity contribution in [3.05, 3.63) is 96.1 Å². The second kappa shape index (κ2) is 6.19. The number of allylic oxidation sites excluding steroid dienone is 6. The highest BCUT2D eigenvalue weighted by Crippen LogP contribution is 2.34. The minimum atomic E-state index is 0.0960. The summed E-state index contributed by atoms with van der Waals surface area (Å²) in [6, 6.07) is 9.02. The Kier molecular flexibility index (Phi) is 3.69. The molecule has 6 bridgehead atoms. The first kappa shape index (κ1) is 19.1. The van der Waals surface area contributed by atoms with Gasteiger partial charge in [0.1, 0.15) is 29.0 Å². The molecule has 0 N–H and O–H groups in total. The second-order valence-corrected chi connectivity index (χ2v) is 9.14. The zero-order valence-corrected chi connectivity index (χ0v) is 19.4. The summed E-state index contributed by atoms with van der Waals surface area (Å²) in [5, 5.41) is 2.43. The van der Waals surface area contributed by atoms with Crippen molar-refractivity contribution in [2.24, 2.45) is 0 Å². The maximum atomic E-state index is 4.41. The molecule has 4 aliphatic rings. The highest BCUT2D eigenvalue weighted by molar-refractivity contribution is 6.23. The van der Waals surface area contributed by atoms with E-state index in [1.54, 1.807) is 0 Å². The van der Waals surface area contributed by atoms with E-state index < -0.39 is 0 Å². The molecule has 32 heavy (non-hydrogen) atoms. The minimum Gasteiger partial charge on any atom is -0.327 e. The van der Waals surface area contributed by atoms with Gasteiger partial charge in [-0.05, 0) is 81.2 Å². The van der Waals surface area contributed by atoms with Crippen LogP contribution in [0.25, 0.3) is 22.3 Å². The first-order valence-electron chi connectivity index (χ1n) is 11.2. The van der Waals surface area contributed by atoms with Crippen molar-refractivity contribution in [2.45, 2.75) is 40.8 Å². The van der Waals surface area contributed by atoms with Crippen LogP contribution in [0.3, 0.4) is 0 Å². The van der Waals surface area contributed by atoms with Gasteiger partial charge in [0, 0.05) is 36.2 Å². The van der Waals surface area contributed by atoms with Gasteiger partial charge in [-0.1, -0.05) is 24.3 Å². The third kappa shape index (κ3) is 2.17. The molecule has 0 fully saturated rings. The van der Waals surface area contributed by atoms with Gasteiger partial charge in [0.2, 0.25) is 0 Å². The van der Waals surface area contributed by atoms with Crippen LogP contribution in [0.4, 0.5) is 0 Å². The van der Waals surface area contributed by atoms with Gasteiger partial charge in [-0.3, -0.25) is 0 Å².